The molecular weight excluding hydrogens is 843 g/mol. The SMILES string of the molecule is CC/C=C\C/C=C\C/C=C\C/C=C\C/C=C\C/C=C\C/C=C\C/C=C\C/C=C\CCCCCCCC(=O)NC(CO)C(O)/C=C/CCCCCCCCCCCCCCCCCCCCCCCC. The Hall–Kier alpha value is -3.21. The summed E-state index contributed by atoms with van der Waals surface area (Å²) in [6.45, 7) is 4.20. The van der Waals surface area contributed by atoms with Gasteiger partial charge in [0.05, 0.1) is 18.8 Å². The standard InChI is InChI=1S/C65H111NO3/c1-3-5-7-9-11-13-15-17-19-21-23-25-27-29-30-31-32-33-34-35-36-37-39-41-43-45-47-49-51-53-55-57-59-61-65(69)66-63(62-67)64(68)60-58-56-54-52-50-48-46-44-42-40-38-28-26-24-22-20-18-16-14-12-10-8-6-4-2/h5,7,11,13,17,19,23,25,29-30,32-33,35-36,39,41,45,47,58,60,63-64,67-68H,3-4,6,8-10,12,14-16,18,20-22,24,26-28,31,34,37-38,40,42-44,46,48-57,59,61-62H2,1-2H3,(H,66,69)/b7-5-,13-11-,19-17-,25-23-,30-29-,33-32-,36-35-,41-39-,47-45-,60-58+. The summed E-state index contributed by atoms with van der Waals surface area (Å²) in [4.78, 5) is 12.5. The minimum absolute atomic E-state index is 0.0857. The second-order valence-corrected chi connectivity index (χ2v) is 19.3. The summed E-state index contributed by atoms with van der Waals surface area (Å²) < 4.78 is 0. The summed E-state index contributed by atoms with van der Waals surface area (Å²) in [5, 5.41) is 23.2. The molecule has 0 radical (unpaired) electrons. The number of carbonyl (C=O) groups excluding carboxylic acids is 1. The Morgan fingerprint density at radius 3 is 0.957 bits per heavy atom. The van der Waals surface area contributed by atoms with Crippen molar-refractivity contribution < 1.29 is 15.0 Å². The van der Waals surface area contributed by atoms with Gasteiger partial charge in [0, 0.05) is 6.42 Å². The van der Waals surface area contributed by atoms with Crippen molar-refractivity contribution in [2.45, 2.75) is 276 Å². The predicted octanol–water partition coefficient (Wildman–Crippen LogP) is 19.6. The normalized spacial score (nSPS) is 13.7. The van der Waals surface area contributed by atoms with Gasteiger partial charge in [0.15, 0.2) is 0 Å². The van der Waals surface area contributed by atoms with Crippen molar-refractivity contribution in [1.82, 2.24) is 5.32 Å². The molecule has 0 aromatic rings. The third kappa shape index (κ3) is 55.6. The lowest BCUT2D eigenvalue weighted by Gasteiger charge is -2.20. The molecular formula is C65H111NO3. The number of hydrogen-bond donors (Lipinski definition) is 3. The van der Waals surface area contributed by atoms with E-state index in [9.17, 15) is 15.0 Å². The third-order valence-corrected chi connectivity index (χ3v) is 12.7. The van der Waals surface area contributed by atoms with E-state index in [0.717, 1.165) is 96.3 Å². The van der Waals surface area contributed by atoms with E-state index in [2.05, 4.69) is 129 Å². The first-order valence-corrected chi connectivity index (χ1v) is 29.2. The monoisotopic (exact) mass is 954 g/mol. The Morgan fingerprint density at radius 2 is 0.638 bits per heavy atom. The van der Waals surface area contributed by atoms with Crippen molar-refractivity contribution >= 4 is 5.91 Å². The molecule has 0 fully saturated rings. The van der Waals surface area contributed by atoms with Crippen LogP contribution in [0.25, 0.3) is 0 Å². The lowest BCUT2D eigenvalue weighted by atomic mass is 10.0. The lowest BCUT2D eigenvalue weighted by molar-refractivity contribution is -0.123. The van der Waals surface area contributed by atoms with E-state index < -0.39 is 12.1 Å². The fourth-order valence-corrected chi connectivity index (χ4v) is 8.29. The maximum atomic E-state index is 12.5. The highest BCUT2D eigenvalue weighted by Gasteiger charge is 2.18. The summed E-state index contributed by atoms with van der Waals surface area (Å²) in [6, 6.07) is -0.643. The predicted molar refractivity (Wildman–Crippen MR) is 308 cm³/mol. The van der Waals surface area contributed by atoms with Crippen molar-refractivity contribution in [3.8, 4) is 0 Å². The maximum absolute atomic E-state index is 12.5. The van der Waals surface area contributed by atoms with E-state index in [1.54, 1.807) is 6.08 Å². The van der Waals surface area contributed by atoms with Crippen LogP contribution in [0.4, 0.5) is 0 Å². The molecule has 0 aliphatic rings. The van der Waals surface area contributed by atoms with Gasteiger partial charge in [0.2, 0.25) is 5.91 Å². The molecule has 0 aliphatic heterocycles. The zero-order chi connectivity index (χ0) is 49.9. The van der Waals surface area contributed by atoms with Crippen LogP contribution in [0, 0.1) is 0 Å². The molecule has 1 amide bonds. The van der Waals surface area contributed by atoms with Crippen LogP contribution < -0.4 is 5.32 Å². The van der Waals surface area contributed by atoms with Crippen LogP contribution in [-0.2, 0) is 4.79 Å². The van der Waals surface area contributed by atoms with E-state index in [1.165, 1.54) is 148 Å². The number of aliphatic hydroxyl groups excluding tert-OH is 2. The number of rotatable bonds is 52. The summed E-state index contributed by atoms with van der Waals surface area (Å²) >= 11 is 0. The van der Waals surface area contributed by atoms with Gasteiger partial charge in [-0.05, 0) is 89.9 Å². The molecule has 0 rings (SSSR count). The van der Waals surface area contributed by atoms with Crippen LogP contribution in [-0.4, -0.2) is 34.9 Å². The van der Waals surface area contributed by atoms with Gasteiger partial charge in [-0.25, -0.2) is 0 Å². The summed E-state index contributed by atoms with van der Waals surface area (Å²) in [6.07, 6.45) is 90.7. The van der Waals surface area contributed by atoms with Crippen LogP contribution in [0.5, 0.6) is 0 Å². The molecule has 3 N–H and O–H groups in total. The van der Waals surface area contributed by atoms with Crippen molar-refractivity contribution in [1.29, 1.82) is 0 Å². The van der Waals surface area contributed by atoms with Gasteiger partial charge in [-0.15, -0.1) is 0 Å². The zero-order valence-corrected chi connectivity index (χ0v) is 45.3. The zero-order valence-electron chi connectivity index (χ0n) is 45.3. The second kappa shape index (κ2) is 59.1. The Balaban J connectivity index is 3.64. The van der Waals surface area contributed by atoms with E-state index in [0.29, 0.717) is 6.42 Å². The van der Waals surface area contributed by atoms with Crippen LogP contribution in [0.2, 0.25) is 0 Å². The van der Waals surface area contributed by atoms with Crippen LogP contribution >= 0.6 is 0 Å². The average Bonchev–Trinajstić information content (AvgIpc) is 3.35. The quantitative estimate of drug-likeness (QED) is 0.0420. The largest absolute Gasteiger partial charge is 0.394 e. The highest BCUT2D eigenvalue weighted by atomic mass is 16.3. The highest BCUT2D eigenvalue weighted by Crippen LogP contribution is 2.16. The van der Waals surface area contributed by atoms with Crippen molar-refractivity contribution in [3.63, 3.8) is 0 Å². The van der Waals surface area contributed by atoms with Gasteiger partial charge in [-0.3, -0.25) is 4.79 Å². The van der Waals surface area contributed by atoms with Crippen molar-refractivity contribution in [2.75, 3.05) is 6.61 Å². The van der Waals surface area contributed by atoms with Gasteiger partial charge >= 0.3 is 0 Å². The smallest absolute Gasteiger partial charge is 0.220 e. The van der Waals surface area contributed by atoms with E-state index in [-0.39, 0.29) is 12.5 Å². The van der Waals surface area contributed by atoms with E-state index in [4.69, 9.17) is 0 Å². The summed E-state index contributed by atoms with van der Waals surface area (Å²) in [5.41, 5.74) is 0. The van der Waals surface area contributed by atoms with Crippen LogP contribution in [0.1, 0.15) is 264 Å². The molecule has 394 valence electrons. The van der Waals surface area contributed by atoms with Crippen LogP contribution in [0.15, 0.2) is 122 Å². The van der Waals surface area contributed by atoms with Crippen molar-refractivity contribution in [3.05, 3.63) is 122 Å². The Kier molecular flexibility index (Phi) is 56.4. The summed E-state index contributed by atoms with van der Waals surface area (Å²) in [7, 11) is 0. The third-order valence-electron chi connectivity index (χ3n) is 12.7. The fraction of sp³-hybridized carbons (Fsp3) is 0.677. The Labute approximate surface area is 428 Å². The molecule has 0 saturated heterocycles. The van der Waals surface area contributed by atoms with Crippen LogP contribution in [0.3, 0.4) is 0 Å². The number of aliphatic hydroxyl groups is 2. The molecule has 2 unspecified atom stereocenters. The first-order chi connectivity index (χ1) is 34.2. The minimum Gasteiger partial charge on any atom is -0.394 e. The average molecular weight is 955 g/mol. The molecule has 0 aromatic carbocycles. The number of hydrogen-bond acceptors (Lipinski definition) is 3. The molecule has 0 aromatic heterocycles. The molecule has 0 spiro atoms. The van der Waals surface area contributed by atoms with Gasteiger partial charge in [0.1, 0.15) is 0 Å². The van der Waals surface area contributed by atoms with Gasteiger partial charge in [-0.2, -0.15) is 0 Å². The molecule has 0 aliphatic carbocycles. The molecule has 0 bridgehead atoms. The number of allylic oxidation sites excluding steroid dienone is 19. The molecule has 69 heavy (non-hydrogen) atoms. The number of amides is 1. The Morgan fingerprint density at radius 1 is 0.362 bits per heavy atom. The molecule has 4 heteroatoms. The van der Waals surface area contributed by atoms with Crippen molar-refractivity contribution in [2.24, 2.45) is 0 Å². The molecule has 2 atom stereocenters. The van der Waals surface area contributed by atoms with E-state index in [1.807, 2.05) is 6.08 Å². The Bertz CT molecular complexity index is 1360. The van der Waals surface area contributed by atoms with Gasteiger partial charge in [0.25, 0.3) is 0 Å². The first-order valence-electron chi connectivity index (χ1n) is 29.2. The summed E-state index contributed by atoms with van der Waals surface area (Å²) in [5.74, 6) is -0.0857. The lowest BCUT2D eigenvalue weighted by Crippen LogP contribution is -2.45. The van der Waals surface area contributed by atoms with Gasteiger partial charge in [-0.1, -0.05) is 289 Å². The fourth-order valence-electron chi connectivity index (χ4n) is 8.29. The van der Waals surface area contributed by atoms with E-state index >= 15 is 0 Å². The number of carbonyl (C=O) groups is 1. The first kappa shape index (κ1) is 65.8. The highest BCUT2D eigenvalue weighted by molar-refractivity contribution is 5.76. The molecule has 4 nitrogen and oxygen atoms in total. The minimum atomic E-state index is -0.858. The number of nitrogens with one attached hydrogen (secondary N) is 1. The van der Waals surface area contributed by atoms with Gasteiger partial charge < -0.3 is 15.5 Å². The maximum Gasteiger partial charge on any atom is 0.220 e. The molecule has 0 saturated carbocycles. The molecule has 0 heterocycles. The second-order valence-electron chi connectivity index (χ2n) is 19.3. The number of unbranched alkanes of at least 4 members (excludes halogenated alkanes) is 27. The topological polar surface area (TPSA) is 69.6 Å².